The van der Waals surface area contributed by atoms with E-state index in [9.17, 15) is 24.5 Å². The van der Waals surface area contributed by atoms with Gasteiger partial charge in [0.05, 0.1) is 39.7 Å². The maximum Gasteiger partial charge on any atom is 0.338 e. The number of piperazine rings is 1. The molecule has 0 saturated carbocycles. The van der Waals surface area contributed by atoms with Gasteiger partial charge < -0.3 is 24.8 Å². The van der Waals surface area contributed by atoms with Crippen molar-refractivity contribution in [2.75, 3.05) is 61.0 Å². The third-order valence-electron chi connectivity index (χ3n) is 7.82. The molecule has 0 bridgehead atoms. The lowest BCUT2D eigenvalue weighted by Gasteiger charge is -2.37. The van der Waals surface area contributed by atoms with Gasteiger partial charge in [-0.3, -0.25) is 19.7 Å². The summed E-state index contributed by atoms with van der Waals surface area (Å²) in [4.78, 5) is 56.4. The minimum atomic E-state index is -0.521. The zero-order valence-corrected chi connectivity index (χ0v) is 24.2. The summed E-state index contributed by atoms with van der Waals surface area (Å²) in [7, 11) is 0. The quantitative estimate of drug-likeness (QED) is 0.223. The first-order valence-corrected chi connectivity index (χ1v) is 14.6. The number of ether oxygens (including phenoxy) is 1. The number of nitro benzene ring substituents is 1. The number of rotatable bonds is 8. The SMILES string of the molecule is CCOC(=O)c1ccc(N2CCN(C(=O)c3ccccc3)CC2)c(NC(=O)c2cc([N+](=O)[O-])ccc2N2CCCCC2)c1. The highest BCUT2D eigenvalue weighted by Crippen LogP contribution is 2.32. The number of anilines is 3. The summed E-state index contributed by atoms with van der Waals surface area (Å²) in [6, 6.07) is 18.5. The molecule has 2 fully saturated rings. The molecule has 0 radical (unpaired) electrons. The number of piperidine rings is 1. The lowest BCUT2D eigenvalue weighted by molar-refractivity contribution is -0.384. The molecular weight excluding hydrogens is 550 g/mol. The number of nitrogens with one attached hydrogen (secondary N) is 1. The Morgan fingerprint density at radius 1 is 0.814 bits per heavy atom. The van der Waals surface area contributed by atoms with E-state index in [0.29, 0.717) is 48.8 Å². The highest BCUT2D eigenvalue weighted by Gasteiger charge is 2.27. The lowest BCUT2D eigenvalue weighted by Crippen LogP contribution is -2.49. The van der Waals surface area contributed by atoms with E-state index in [1.165, 1.54) is 12.1 Å². The molecule has 224 valence electrons. The number of carbonyl (C=O) groups is 3. The van der Waals surface area contributed by atoms with Gasteiger partial charge in [0, 0.05) is 57.0 Å². The molecule has 3 aromatic carbocycles. The van der Waals surface area contributed by atoms with Crippen LogP contribution in [0.15, 0.2) is 66.7 Å². The van der Waals surface area contributed by atoms with Crippen LogP contribution in [0.2, 0.25) is 0 Å². The minimum Gasteiger partial charge on any atom is -0.462 e. The van der Waals surface area contributed by atoms with Gasteiger partial charge in [0.2, 0.25) is 0 Å². The van der Waals surface area contributed by atoms with Crippen molar-refractivity contribution in [3.63, 3.8) is 0 Å². The van der Waals surface area contributed by atoms with Crippen LogP contribution in [0.3, 0.4) is 0 Å². The van der Waals surface area contributed by atoms with Gasteiger partial charge in [-0.15, -0.1) is 0 Å². The molecule has 0 atom stereocenters. The number of nitro groups is 1. The maximum absolute atomic E-state index is 13.8. The number of benzene rings is 3. The number of carbonyl (C=O) groups excluding carboxylic acids is 3. The molecule has 1 N–H and O–H groups in total. The second-order valence-corrected chi connectivity index (χ2v) is 10.6. The predicted octanol–water partition coefficient (Wildman–Crippen LogP) is 4.98. The Morgan fingerprint density at radius 2 is 1.49 bits per heavy atom. The molecule has 43 heavy (non-hydrogen) atoms. The molecule has 3 aromatic rings. The van der Waals surface area contributed by atoms with Crippen molar-refractivity contribution in [3.8, 4) is 0 Å². The largest absolute Gasteiger partial charge is 0.462 e. The zero-order valence-electron chi connectivity index (χ0n) is 24.2. The van der Waals surface area contributed by atoms with E-state index in [1.807, 2.05) is 18.2 Å². The molecule has 0 aliphatic carbocycles. The van der Waals surface area contributed by atoms with Crippen LogP contribution in [0, 0.1) is 10.1 Å². The van der Waals surface area contributed by atoms with Crippen molar-refractivity contribution in [1.29, 1.82) is 0 Å². The Morgan fingerprint density at radius 3 is 2.16 bits per heavy atom. The highest BCUT2D eigenvalue weighted by molar-refractivity contribution is 6.10. The van der Waals surface area contributed by atoms with Crippen LogP contribution in [-0.4, -0.2) is 73.5 Å². The normalized spacial score (nSPS) is 15.1. The molecule has 2 aliphatic heterocycles. The van der Waals surface area contributed by atoms with E-state index in [1.54, 1.807) is 48.2 Å². The monoisotopic (exact) mass is 585 g/mol. The number of nitrogens with zero attached hydrogens (tertiary/aromatic N) is 4. The van der Waals surface area contributed by atoms with E-state index in [2.05, 4.69) is 15.1 Å². The van der Waals surface area contributed by atoms with Crippen molar-refractivity contribution in [2.45, 2.75) is 26.2 Å². The summed E-state index contributed by atoms with van der Waals surface area (Å²) >= 11 is 0. The average Bonchev–Trinajstić information content (AvgIpc) is 3.05. The van der Waals surface area contributed by atoms with Gasteiger partial charge >= 0.3 is 5.97 Å². The van der Waals surface area contributed by atoms with Crippen molar-refractivity contribution in [1.82, 2.24) is 4.90 Å². The molecule has 11 heteroatoms. The van der Waals surface area contributed by atoms with Gasteiger partial charge in [-0.05, 0) is 62.6 Å². The maximum atomic E-state index is 13.8. The number of hydrogen-bond acceptors (Lipinski definition) is 8. The summed E-state index contributed by atoms with van der Waals surface area (Å²) in [5.74, 6) is -1.07. The first kappa shape index (κ1) is 29.6. The van der Waals surface area contributed by atoms with Gasteiger partial charge in [0.25, 0.3) is 17.5 Å². The Kier molecular flexibility index (Phi) is 9.19. The summed E-state index contributed by atoms with van der Waals surface area (Å²) < 4.78 is 5.19. The van der Waals surface area contributed by atoms with E-state index < -0.39 is 16.8 Å². The standard InChI is InChI=1S/C32H35N5O6/c1-2-43-32(40)24-11-13-29(35-17-19-36(20-18-35)31(39)23-9-5-3-6-10-23)27(21-24)33-30(38)26-22-25(37(41)42)12-14-28(26)34-15-7-4-8-16-34/h3,5-6,9-14,21-22H,2,4,7-8,15-20H2,1H3,(H,33,38). The van der Waals surface area contributed by atoms with Crippen LogP contribution in [0.5, 0.6) is 0 Å². The van der Waals surface area contributed by atoms with E-state index in [-0.39, 0.29) is 29.3 Å². The third-order valence-corrected chi connectivity index (χ3v) is 7.82. The van der Waals surface area contributed by atoms with Crippen LogP contribution in [0.4, 0.5) is 22.7 Å². The fourth-order valence-electron chi connectivity index (χ4n) is 5.59. The molecule has 0 unspecified atom stereocenters. The summed E-state index contributed by atoms with van der Waals surface area (Å²) in [6.45, 7) is 5.41. The topological polar surface area (TPSA) is 125 Å². The molecule has 2 heterocycles. The Balaban J connectivity index is 1.43. The molecule has 2 aliphatic rings. The molecule has 2 saturated heterocycles. The average molecular weight is 586 g/mol. The third kappa shape index (κ3) is 6.77. The van der Waals surface area contributed by atoms with Gasteiger partial charge in [-0.2, -0.15) is 0 Å². The Labute approximate surface area is 250 Å². The van der Waals surface area contributed by atoms with Crippen molar-refractivity contribution in [3.05, 3.63) is 93.5 Å². The van der Waals surface area contributed by atoms with Gasteiger partial charge in [-0.25, -0.2) is 4.79 Å². The highest BCUT2D eigenvalue weighted by atomic mass is 16.6. The van der Waals surface area contributed by atoms with Crippen LogP contribution in [0.25, 0.3) is 0 Å². The van der Waals surface area contributed by atoms with E-state index in [0.717, 1.165) is 32.4 Å². The number of hydrogen-bond donors (Lipinski definition) is 1. The van der Waals surface area contributed by atoms with Gasteiger partial charge in [0.15, 0.2) is 0 Å². The van der Waals surface area contributed by atoms with Crippen LogP contribution in [0.1, 0.15) is 57.3 Å². The number of amides is 2. The molecule has 0 aromatic heterocycles. The lowest BCUT2D eigenvalue weighted by atomic mass is 10.1. The summed E-state index contributed by atoms with van der Waals surface area (Å²) in [6.07, 6.45) is 3.05. The first-order chi connectivity index (χ1) is 20.9. The first-order valence-electron chi connectivity index (χ1n) is 14.6. The number of esters is 1. The molecule has 2 amide bonds. The fourth-order valence-corrected chi connectivity index (χ4v) is 5.59. The molecule has 11 nitrogen and oxygen atoms in total. The fraction of sp³-hybridized carbons (Fsp3) is 0.344. The van der Waals surface area contributed by atoms with E-state index >= 15 is 0 Å². The second-order valence-electron chi connectivity index (χ2n) is 10.6. The van der Waals surface area contributed by atoms with Crippen LogP contribution >= 0.6 is 0 Å². The predicted molar refractivity (Wildman–Crippen MR) is 164 cm³/mol. The summed E-state index contributed by atoms with van der Waals surface area (Å²) in [5, 5.41) is 14.6. The number of non-ortho nitro benzene ring substituents is 1. The van der Waals surface area contributed by atoms with Gasteiger partial charge in [-0.1, -0.05) is 18.2 Å². The smallest absolute Gasteiger partial charge is 0.338 e. The Hall–Kier alpha value is -4.93. The Bertz CT molecular complexity index is 1500. The second kappa shape index (κ2) is 13.4. The van der Waals surface area contributed by atoms with E-state index in [4.69, 9.17) is 4.74 Å². The van der Waals surface area contributed by atoms with Crippen molar-refractivity contribution < 1.29 is 24.0 Å². The molecule has 5 rings (SSSR count). The molecule has 0 spiro atoms. The van der Waals surface area contributed by atoms with Crippen LogP contribution in [-0.2, 0) is 4.74 Å². The molecular formula is C32H35N5O6. The minimum absolute atomic E-state index is 0.0395. The van der Waals surface area contributed by atoms with Crippen molar-refractivity contribution in [2.24, 2.45) is 0 Å². The van der Waals surface area contributed by atoms with Crippen molar-refractivity contribution >= 4 is 40.5 Å². The van der Waals surface area contributed by atoms with Crippen LogP contribution < -0.4 is 15.1 Å². The zero-order chi connectivity index (χ0) is 30.3. The summed E-state index contributed by atoms with van der Waals surface area (Å²) in [5.41, 5.74) is 2.62. The van der Waals surface area contributed by atoms with Gasteiger partial charge in [0.1, 0.15) is 0 Å².